The smallest absolute Gasteiger partial charge is 0.217 e. The maximum absolute atomic E-state index is 12.9. The molecule has 1 atom stereocenters. The Bertz CT molecular complexity index is 377. The molecule has 0 radical (unpaired) electrons. The number of rotatable bonds is 6. The molecule has 5 heteroatoms. The van der Waals surface area contributed by atoms with Crippen molar-refractivity contribution in [1.29, 1.82) is 0 Å². The molecule has 1 N–H and O–H groups in total. The largest absolute Gasteiger partial charge is 0.315 e. The Hall–Kier alpha value is -0.130. The quantitative estimate of drug-likeness (QED) is 0.767. The van der Waals surface area contributed by atoms with Crippen LogP contribution in [0.3, 0.4) is 0 Å². The number of piperidine rings is 1. The lowest BCUT2D eigenvalue weighted by Gasteiger charge is -2.38. The van der Waals surface area contributed by atoms with Gasteiger partial charge in [0, 0.05) is 19.1 Å². The zero-order chi connectivity index (χ0) is 14.4. The summed E-state index contributed by atoms with van der Waals surface area (Å²) in [6, 6.07) is 0.183. The van der Waals surface area contributed by atoms with Crippen molar-refractivity contribution in [2.45, 2.75) is 76.0 Å². The minimum atomic E-state index is -3.08. The van der Waals surface area contributed by atoms with Gasteiger partial charge in [0.25, 0.3) is 0 Å². The molecular formula is C15H30N2O2S. The van der Waals surface area contributed by atoms with Gasteiger partial charge in [-0.1, -0.05) is 32.6 Å². The van der Waals surface area contributed by atoms with Crippen LogP contribution in [0.2, 0.25) is 0 Å². The van der Waals surface area contributed by atoms with Gasteiger partial charge in [-0.3, -0.25) is 0 Å². The number of hydrogen-bond acceptors (Lipinski definition) is 3. The topological polar surface area (TPSA) is 49.4 Å². The summed E-state index contributed by atoms with van der Waals surface area (Å²) in [5.74, 6) is 0. The van der Waals surface area contributed by atoms with Gasteiger partial charge in [-0.25, -0.2) is 8.42 Å². The van der Waals surface area contributed by atoms with E-state index in [-0.39, 0.29) is 11.3 Å². The van der Waals surface area contributed by atoms with Crippen molar-refractivity contribution in [2.75, 3.05) is 19.6 Å². The van der Waals surface area contributed by atoms with E-state index >= 15 is 0 Å². The van der Waals surface area contributed by atoms with Crippen LogP contribution in [-0.2, 0) is 10.0 Å². The summed E-state index contributed by atoms with van der Waals surface area (Å²) in [4.78, 5) is 0. The van der Waals surface area contributed by atoms with Crippen LogP contribution >= 0.6 is 0 Å². The summed E-state index contributed by atoms with van der Waals surface area (Å²) in [5.41, 5.74) is 0. The Labute approximate surface area is 124 Å². The van der Waals surface area contributed by atoms with Crippen molar-refractivity contribution < 1.29 is 8.42 Å². The Morgan fingerprint density at radius 1 is 1.05 bits per heavy atom. The number of hydrogen-bond donors (Lipinski definition) is 1. The third-order valence-corrected chi connectivity index (χ3v) is 7.13. The second-order valence-corrected chi connectivity index (χ2v) is 8.44. The molecule has 0 aromatic heterocycles. The zero-order valence-corrected chi connectivity index (χ0v) is 13.6. The van der Waals surface area contributed by atoms with E-state index in [1.807, 2.05) is 4.31 Å². The van der Waals surface area contributed by atoms with E-state index in [0.29, 0.717) is 0 Å². The van der Waals surface area contributed by atoms with Crippen LogP contribution < -0.4 is 5.32 Å². The maximum atomic E-state index is 12.9. The highest BCUT2D eigenvalue weighted by Gasteiger charge is 2.37. The molecule has 0 spiro atoms. The third kappa shape index (κ3) is 3.95. The molecule has 118 valence electrons. The van der Waals surface area contributed by atoms with Crippen molar-refractivity contribution in [1.82, 2.24) is 9.62 Å². The highest BCUT2D eigenvalue weighted by molar-refractivity contribution is 7.89. The van der Waals surface area contributed by atoms with E-state index in [2.05, 4.69) is 12.2 Å². The van der Waals surface area contributed by atoms with E-state index in [4.69, 9.17) is 0 Å². The van der Waals surface area contributed by atoms with E-state index in [1.54, 1.807) is 0 Å². The first-order chi connectivity index (χ1) is 9.66. The third-order valence-electron chi connectivity index (χ3n) is 4.68. The lowest BCUT2D eigenvalue weighted by molar-refractivity contribution is 0.241. The molecule has 0 bridgehead atoms. The van der Waals surface area contributed by atoms with Gasteiger partial charge in [-0.15, -0.1) is 0 Å². The Morgan fingerprint density at radius 2 is 1.75 bits per heavy atom. The molecular weight excluding hydrogens is 272 g/mol. The van der Waals surface area contributed by atoms with E-state index < -0.39 is 10.0 Å². The number of nitrogens with one attached hydrogen (secondary N) is 1. The predicted molar refractivity (Wildman–Crippen MR) is 83.3 cm³/mol. The summed E-state index contributed by atoms with van der Waals surface area (Å²) in [6.07, 6.45) is 9.40. The standard InChI is InChI=1S/C15H30N2O2S/c1-2-11-16-13-14-8-6-7-12-17(14)20(18,19)15-9-4-3-5-10-15/h14-16H,2-13H2,1H3. The molecule has 20 heavy (non-hydrogen) atoms. The second-order valence-electron chi connectivity index (χ2n) is 6.27. The van der Waals surface area contributed by atoms with Gasteiger partial charge < -0.3 is 5.32 Å². The lowest BCUT2D eigenvalue weighted by Crippen LogP contribution is -2.51. The Kier molecular flexibility index (Phi) is 6.30. The van der Waals surface area contributed by atoms with Crippen molar-refractivity contribution in [2.24, 2.45) is 0 Å². The zero-order valence-electron chi connectivity index (χ0n) is 12.8. The van der Waals surface area contributed by atoms with E-state index in [0.717, 1.165) is 71.0 Å². The molecule has 1 saturated carbocycles. The van der Waals surface area contributed by atoms with Gasteiger partial charge in [-0.05, 0) is 38.6 Å². The summed E-state index contributed by atoms with van der Waals surface area (Å²) < 4.78 is 27.6. The molecule has 2 fully saturated rings. The van der Waals surface area contributed by atoms with Crippen LogP contribution in [0.5, 0.6) is 0 Å². The van der Waals surface area contributed by atoms with Crippen LogP contribution in [-0.4, -0.2) is 43.6 Å². The molecule has 2 aliphatic rings. The van der Waals surface area contributed by atoms with Crippen molar-refractivity contribution in [3.05, 3.63) is 0 Å². The minimum Gasteiger partial charge on any atom is -0.315 e. The average Bonchev–Trinajstić information content (AvgIpc) is 2.49. The van der Waals surface area contributed by atoms with Crippen molar-refractivity contribution >= 4 is 10.0 Å². The fourth-order valence-corrected chi connectivity index (χ4v) is 5.80. The van der Waals surface area contributed by atoms with E-state index in [9.17, 15) is 8.42 Å². The van der Waals surface area contributed by atoms with Crippen LogP contribution in [0.15, 0.2) is 0 Å². The molecule has 0 amide bonds. The molecule has 1 saturated heterocycles. The highest BCUT2D eigenvalue weighted by Crippen LogP contribution is 2.30. The number of sulfonamides is 1. The first-order valence-corrected chi connectivity index (χ1v) is 9.88. The van der Waals surface area contributed by atoms with E-state index in [1.165, 1.54) is 6.42 Å². The van der Waals surface area contributed by atoms with Gasteiger partial charge in [-0.2, -0.15) is 4.31 Å². The van der Waals surface area contributed by atoms with Crippen LogP contribution in [0.4, 0.5) is 0 Å². The molecule has 4 nitrogen and oxygen atoms in total. The molecule has 1 aliphatic carbocycles. The summed E-state index contributed by atoms with van der Waals surface area (Å²) in [5, 5.41) is 3.30. The fourth-order valence-electron chi connectivity index (χ4n) is 3.51. The number of nitrogens with zero attached hydrogens (tertiary/aromatic N) is 1. The van der Waals surface area contributed by atoms with Crippen LogP contribution in [0, 0.1) is 0 Å². The average molecular weight is 302 g/mol. The van der Waals surface area contributed by atoms with Crippen LogP contribution in [0.25, 0.3) is 0 Å². The predicted octanol–water partition coefficient (Wildman–Crippen LogP) is 2.50. The molecule has 0 aromatic rings. The van der Waals surface area contributed by atoms with Gasteiger partial charge >= 0.3 is 0 Å². The lowest BCUT2D eigenvalue weighted by atomic mass is 10.0. The summed E-state index contributed by atoms with van der Waals surface area (Å²) in [7, 11) is -3.08. The first-order valence-electron chi connectivity index (χ1n) is 8.37. The maximum Gasteiger partial charge on any atom is 0.217 e. The molecule has 0 aromatic carbocycles. The Balaban J connectivity index is 2.01. The monoisotopic (exact) mass is 302 g/mol. The summed E-state index contributed by atoms with van der Waals surface area (Å²) in [6.45, 7) is 4.68. The molecule has 2 rings (SSSR count). The SMILES string of the molecule is CCCNCC1CCCCN1S(=O)(=O)C1CCCCC1. The first kappa shape index (κ1) is 16.2. The minimum absolute atomic E-state index is 0.108. The van der Waals surface area contributed by atoms with Gasteiger partial charge in [0.15, 0.2) is 0 Å². The summed E-state index contributed by atoms with van der Waals surface area (Å²) >= 11 is 0. The molecule has 1 aliphatic heterocycles. The molecule has 1 heterocycles. The Morgan fingerprint density at radius 3 is 2.45 bits per heavy atom. The van der Waals surface area contributed by atoms with Crippen molar-refractivity contribution in [3.8, 4) is 0 Å². The van der Waals surface area contributed by atoms with Crippen LogP contribution in [0.1, 0.15) is 64.7 Å². The normalized spacial score (nSPS) is 26.8. The van der Waals surface area contributed by atoms with Crippen molar-refractivity contribution in [3.63, 3.8) is 0 Å². The van der Waals surface area contributed by atoms with Gasteiger partial charge in [0.05, 0.1) is 5.25 Å². The van der Waals surface area contributed by atoms with Gasteiger partial charge in [0.1, 0.15) is 0 Å². The second kappa shape index (κ2) is 7.76. The van der Waals surface area contributed by atoms with Gasteiger partial charge in [0.2, 0.25) is 10.0 Å². The molecule has 1 unspecified atom stereocenters. The highest BCUT2D eigenvalue weighted by atomic mass is 32.2. The fraction of sp³-hybridized carbons (Fsp3) is 1.00.